The van der Waals surface area contributed by atoms with Crippen molar-refractivity contribution in [1.82, 2.24) is 20.1 Å². The van der Waals surface area contributed by atoms with E-state index in [1.54, 1.807) is 23.7 Å². The Hall–Kier alpha value is -2.55. The van der Waals surface area contributed by atoms with Crippen LogP contribution in [0.1, 0.15) is 28.7 Å². The summed E-state index contributed by atoms with van der Waals surface area (Å²) < 4.78 is 1.74. The van der Waals surface area contributed by atoms with Gasteiger partial charge in [0.15, 0.2) is 11.0 Å². The van der Waals surface area contributed by atoms with Crippen molar-refractivity contribution in [1.29, 1.82) is 0 Å². The molecule has 3 aromatic rings. The fourth-order valence-electron chi connectivity index (χ4n) is 2.79. The van der Waals surface area contributed by atoms with E-state index in [1.165, 1.54) is 17.8 Å². The van der Waals surface area contributed by atoms with Gasteiger partial charge in [0, 0.05) is 18.3 Å². The van der Waals surface area contributed by atoms with Gasteiger partial charge in [0.25, 0.3) is 5.91 Å². The standard InChI is InChI=1S/C21H21Cl2N5O2S/c1-3-13-6-4-5-7-17(13)25-19(29)12-31-21-27-26-18(28(21)2)11-24-20(30)14-8-9-15(22)16(23)10-14/h4-10H,3,11-12H2,1-2H3,(H,24,30)(H,25,29). The van der Waals surface area contributed by atoms with Crippen LogP contribution in [0.2, 0.25) is 10.0 Å². The largest absolute Gasteiger partial charge is 0.345 e. The number of para-hydroxylation sites is 1. The van der Waals surface area contributed by atoms with Gasteiger partial charge in [0.1, 0.15) is 0 Å². The average molecular weight is 478 g/mol. The summed E-state index contributed by atoms with van der Waals surface area (Å²) in [5.41, 5.74) is 2.30. The Kier molecular flexibility index (Phi) is 7.95. The average Bonchev–Trinajstić information content (AvgIpc) is 3.12. The number of nitrogens with one attached hydrogen (secondary N) is 2. The van der Waals surface area contributed by atoms with Crippen LogP contribution in [0.4, 0.5) is 5.69 Å². The number of amides is 2. The molecule has 0 aliphatic heterocycles. The molecule has 0 aliphatic rings. The first kappa shape index (κ1) is 23.1. The van der Waals surface area contributed by atoms with Crippen molar-refractivity contribution in [3.63, 3.8) is 0 Å². The number of hydrogen-bond donors (Lipinski definition) is 2. The van der Waals surface area contributed by atoms with Crippen molar-refractivity contribution in [2.24, 2.45) is 7.05 Å². The van der Waals surface area contributed by atoms with Crippen molar-refractivity contribution in [2.75, 3.05) is 11.1 Å². The van der Waals surface area contributed by atoms with Crippen LogP contribution in [0.5, 0.6) is 0 Å². The van der Waals surface area contributed by atoms with Gasteiger partial charge in [-0.2, -0.15) is 0 Å². The quantitative estimate of drug-likeness (QED) is 0.470. The van der Waals surface area contributed by atoms with Crippen molar-refractivity contribution in [3.05, 3.63) is 69.5 Å². The predicted molar refractivity (Wildman–Crippen MR) is 124 cm³/mol. The number of carbonyl (C=O) groups is 2. The van der Waals surface area contributed by atoms with Crippen LogP contribution >= 0.6 is 35.0 Å². The Morgan fingerprint density at radius 3 is 2.61 bits per heavy atom. The molecule has 1 aromatic heterocycles. The number of carbonyl (C=O) groups excluding carboxylic acids is 2. The van der Waals surface area contributed by atoms with Gasteiger partial charge in [-0.3, -0.25) is 9.59 Å². The van der Waals surface area contributed by atoms with Crippen LogP contribution in [0.15, 0.2) is 47.6 Å². The van der Waals surface area contributed by atoms with Crippen LogP contribution in [0.3, 0.4) is 0 Å². The SMILES string of the molecule is CCc1ccccc1NC(=O)CSc1nnc(CNC(=O)c2ccc(Cl)c(Cl)c2)n1C. The highest BCUT2D eigenvalue weighted by atomic mass is 35.5. The van der Waals surface area contributed by atoms with E-state index in [9.17, 15) is 9.59 Å². The maximum atomic E-state index is 12.3. The first-order chi connectivity index (χ1) is 14.9. The van der Waals surface area contributed by atoms with E-state index < -0.39 is 0 Å². The van der Waals surface area contributed by atoms with Gasteiger partial charge < -0.3 is 15.2 Å². The molecular formula is C21H21Cl2N5O2S. The Morgan fingerprint density at radius 2 is 1.87 bits per heavy atom. The van der Waals surface area contributed by atoms with Crippen LogP contribution in [0, 0.1) is 0 Å². The fraction of sp³-hybridized carbons (Fsp3) is 0.238. The summed E-state index contributed by atoms with van der Waals surface area (Å²) in [5.74, 6) is 0.334. The van der Waals surface area contributed by atoms with E-state index in [0.29, 0.717) is 26.6 Å². The normalized spacial score (nSPS) is 10.7. The molecule has 0 atom stereocenters. The van der Waals surface area contributed by atoms with Gasteiger partial charge in [0.05, 0.1) is 22.3 Å². The number of rotatable bonds is 8. The summed E-state index contributed by atoms with van der Waals surface area (Å²) in [6.45, 7) is 2.22. The molecule has 3 rings (SSSR count). The predicted octanol–water partition coefficient (Wildman–Crippen LogP) is 4.35. The lowest BCUT2D eigenvalue weighted by Gasteiger charge is -2.09. The summed E-state index contributed by atoms with van der Waals surface area (Å²) in [6, 6.07) is 12.4. The molecule has 0 radical (unpaired) electrons. The van der Waals surface area contributed by atoms with Gasteiger partial charge in [0.2, 0.25) is 5.91 Å². The summed E-state index contributed by atoms with van der Waals surface area (Å²) in [7, 11) is 1.78. The molecule has 0 spiro atoms. The molecule has 0 bridgehead atoms. The van der Waals surface area contributed by atoms with Crippen molar-refractivity contribution >= 4 is 52.5 Å². The molecule has 0 unspecified atom stereocenters. The third kappa shape index (κ3) is 6.00. The molecule has 1 heterocycles. The Morgan fingerprint density at radius 1 is 1.10 bits per heavy atom. The molecule has 2 amide bonds. The molecule has 10 heteroatoms. The summed E-state index contributed by atoms with van der Waals surface area (Å²) in [4.78, 5) is 24.6. The lowest BCUT2D eigenvalue weighted by Crippen LogP contribution is -2.24. The number of halogens is 2. The second-order valence-electron chi connectivity index (χ2n) is 6.62. The van der Waals surface area contributed by atoms with Gasteiger partial charge >= 0.3 is 0 Å². The highest BCUT2D eigenvalue weighted by Gasteiger charge is 2.14. The van der Waals surface area contributed by atoms with Crippen molar-refractivity contribution < 1.29 is 9.59 Å². The van der Waals surface area contributed by atoms with Crippen LogP contribution in [-0.2, 0) is 24.8 Å². The number of benzene rings is 2. The van der Waals surface area contributed by atoms with E-state index in [4.69, 9.17) is 23.2 Å². The molecule has 0 saturated heterocycles. The highest BCUT2D eigenvalue weighted by molar-refractivity contribution is 7.99. The highest BCUT2D eigenvalue weighted by Crippen LogP contribution is 2.23. The minimum atomic E-state index is -0.301. The van der Waals surface area contributed by atoms with Crippen molar-refractivity contribution in [3.8, 4) is 0 Å². The molecule has 0 saturated carbocycles. The first-order valence-corrected chi connectivity index (χ1v) is 11.2. The number of nitrogens with zero attached hydrogens (tertiary/aromatic N) is 3. The molecule has 7 nitrogen and oxygen atoms in total. The van der Waals surface area contributed by atoms with E-state index in [-0.39, 0.29) is 24.1 Å². The smallest absolute Gasteiger partial charge is 0.251 e. The van der Waals surface area contributed by atoms with Crippen LogP contribution in [-0.4, -0.2) is 32.3 Å². The molecule has 2 aromatic carbocycles. The Labute approximate surface area is 194 Å². The van der Waals surface area contributed by atoms with Crippen LogP contribution in [0.25, 0.3) is 0 Å². The zero-order valence-corrected chi connectivity index (χ0v) is 19.3. The summed E-state index contributed by atoms with van der Waals surface area (Å²) in [6.07, 6.45) is 0.837. The number of thioether (sulfide) groups is 1. The topological polar surface area (TPSA) is 88.9 Å². The number of anilines is 1. The monoisotopic (exact) mass is 477 g/mol. The van der Waals surface area contributed by atoms with E-state index in [0.717, 1.165) is 17.7 Å². The first-order valence-electron chi connectivity index (χ1n) is 9.51. The number of hydrogen-bond acceptors (Lipinski definition) is 5. The van der Waals surface area contributed by atoms with E-state index >= 15 is 0 Å². The molecular weight excluding hydrogens is 457 g/mol. The van der Waals surface area contributed by atoms with Gasteiger partial charge in [-0.15, -0.1) is 10.2 Å². The Balaban J connectivity index is 1.54. The minimum Gasteiger partial charge on any atom is -0.345 e. The van der Waals surface area contributed by atoms with E-state index in [2.05, 4.69) is 20.8 Å². The zero-order chi connectivity index (χ0) is 22.4. The Bertz CT molecular complexity index is 1100. The van der Waals surface area contributed by atoms with Gasteiger partial charge in [-0.05, 0) is 36.2 Å². The molecule has 0 aliphatic carbocycles. The lowest BCUT2D eigenvalue weighted by atomic mass is 10.1. The fourth-order valence-corrected chi connectivity index (χ4v) is 3.82. The lowest BCUT2D eigenvalue weighted by molar-refractivity contribution is -0.113. The molecule has 162 valence electrons. The molecule has 2 N–H and O–H groups in total. The van der Waals surface area contributed by atoms with Crippen LogP contribution < -0.4 is 10.6 Å². The maximum absolute atomic E-state index is 12.3. The van der Waals surface area contributed by atoms with Crippen molar-refractivity contribution in [2.45, 2.75) is 25.0 Å². The zero-order valence-electron chi connectivity index (χ0n) is 17.0. The molecule has 0 fully saturated rings. The number of aryl methyl sites for hydroxylation is 1. The summed E-state index contributed by atoms with van der Waals surface area (Å²) in [5, 5.41) is 15.2. The van der Waals surface area contributed by atoms with E-state index in [1.807, 2.05) is 31.2 Å². The second-order valence-corrected chi connectivity index (χ2v) is 8.37. The number of aromatic nitrogens is 3. The van der Waals surface area contributed by atoms with Gasteiger partial charge in [-0.25, -0.2) is 0 Å². The third-order valence-electron chi connectivity index (χ3n) is 4.52. The maximum Gasteiger partial charge on any atom is 0.251 e. The molecule has 31 heavy (non-hydrogen) atoms. The second kappa shape index (κ2) is 10.7. The third-order valence-corrected chi connectivity index (χ3v) is 6.28. The van der Waals surface area contributed by atoms with Gasteiger partial charge in [-0.1, -0.05) is 60.1 Å². The minimum absolute atomic E-state index is 0.122. The summed E-state index contributed by atoms with van der Waals surface area (Å²) >= 11 is 13.1.